The zero-order chi connectivity index (χ0) is 13.2. The lowest BCUT2D eigenvalue weighted by Gasteiger charge is -2.12. The second-order valence-corrected chi connectivity index (χ2v) is 6.74. The average Bonchev–Trinajstić information content (AvgIpc) is 2.97. The van der Waals surface area contributed by atoms with E-state index in [0.29, 0.717) is 11.4 Å². The second kappa shape index (κ2) is 4.78. The summed E-state index contributed by atoms with van der Waals surface area (Å²) in [4.78, 5) is 0. The van der Waals surface area contributed by atoms with Crippen LogP contribution in [0.5, 0.6) is 5.75 Å². The largest absolute Gasteiger partial charge is 0.492 e. The molecule has 18 heavy (non-hydrogen) atoms. The summed E-state index contributed by atoms with van der Waals surface area (Å²) in [5, 5.41) is 0. The van der Waals surface area contributed by atoms with Crippen LogP contribution in [0.25, 0.3) is 0 Å². The molecule has 0 aromatic heterocycles. The molecule has 0 heterocycles. The Kier molecular flexibility index (Phi) is 3.49. The molecule has 0 saturated heterocycles. The van der Waals surface area contributed by atoms with E-state index in [-0.39, 0.29) is 17.9 Å². The third-order valence-electron chi connectivity index (χ3n) is 2.90. The summed E-state index contributed by atoms with van der Waals surface area (Å²) < 4.78 is 31.5. The van der Waals surface area contributed by atoms with Gasteiger partial charge in [-0.3, -0.25) is 0 Å². The fourth-order valence-corrected chi connectivity index (χ4v) is 2.91. The molecule has 100 valence electrons. The molecular formula is C12H18N2O3S. The maximum absolute atomic E-state index is 11.7. The first-order valence-corrected chi connectivity index (χ1v) is 7.54. The quantitative estimate of drug-likeness (QED) is 0.759. The molecule has 1 aliphatic carbocycles. The van der Waals surface area contributed by atoms with Crippen LogP contribution in [-0.4, -0.2) is 26.3 Å². The van der Waals surface area contributed by atoms with Crippen LogP contribution in [0.2, 0.25) is 0 Å². The Bertz CT molecular complexity index is 507. The number of benzene rings is 1. The van der Waals surface area contributed by atoms with Crippen molar-refractivity contribution < 1.29 is 13.2 Å². The van der Waals surface area contributed by atoms with Crippen molar-refractivity contribution in [3.05, 3.63) is 24.3 Å². The first kappa shape index (κ1) is 13.2. The molecule has 1 fully saturated rings. The van der Waals surface area contributed by atoms with Crippen LogP contribution in [0.4, 0.5) is 5.69 Å². The molecule has 6 heteroatoms. The summed E-state index contributed by atoms with van der Waals surface area (Å²) in [6, 6.07) is 6.87. The van der Waals surface area contributed by atoms with Gasteiger partial charge in [0.1, 0.15) is 12.4 Å². The summed E-state index contributed by atoms with van der Waals surface area (Å²) >= 11 is 0. The molecule has 0 bridgehead atoms. The van der Waals surface area contributed by atoms with Crippen molar-refractivity contribution >= 4 is 15.7 Å². The van der Waals surface area contributed by atoms with E-state index in [1.807, 2.05) is 6.92 Å². The highest BCUT2D eigenvalue weighted by Crippen LogP contribution is 2.34. The minimum absolute atomic E-state index is 0.0348. The zero-order valence-electron chi connectivity index (χ0n) is 10.3. The van der Waals surface area contributed by atoms with Gasteiger partial charge in [0.05, 0.1) is 5.75 Å². The number of nitrogens with one attached hydrogen (secondary N) is 1. The van der Waals surface area contributed by atoms with E-state index in [0.717, 1.165) is 12.8 Å². The number of hydrogen-bond donors (Lipinski definition) is 2. The van der Waals surface area contributed by atoms with Gasteiger partial charge in [0.15, 0.2) is 0 Å². The van der Waals surface area contributed by atoms with E-state index in [1.165, 1.54) is 0 Å². The molecule has 1 aliphatic rings. The molecule has 2 rings (SSSR count). The normalized spacial score (nSPS) is 17.4. The predicted molar refractivity (Wildman–Crippen MR) is 70.9 cm³/mol. The molecule has 5 nitrogen and oxygen atoms in total. The highest BCUT2D eigenvalue weighted by Gasteiger charge is 2.40. The number of rotatable bonds is 6. The van der Waals surface area contributed by atoms with Crippen molar-refractivity contribution in [2.24, 2.45) is 0 Å². The second-order valence-electron chi connectivity index (χ2n) is 4.90. The van der Waals surface area contributed by atoms with Crippen molar-refractivity contribution in [3.63, 3.8) is 0 Å². The maximum atomic E-state index is 11.7. The van der Waals surface area contributed by atoms with Gasteiger partial charge >= 0.3 is 0 Å². The van der Waals surface area contributed by atoms with Gasteiger partial charge < -0.3 is 10.5 Å². The zero-order valence-corrected chi connectivity index (χ0v) is 11.2. The fraction of sp³-hybridized carbons (Fsp3) is 0.500. The molecule has 0 aliphatic heterocycles. The van der Waals surface area contributed by atoms with E-state index in [1.54, 1.807) is 24.3 Å². The van der Waals surface area contributed by atoms with Crippen molar-refractivity contribution in [3.8, 4) is 5.75 Å². The average molecular weight is 270 g/mol. The summed E-state index contributed by atoms with van der Waals surface area (Å²) in [5.74, 6) is 0.587. The first-order chi connectivity index (χ1) is 8.39. The number of anilines is 1. The minimum atomic E-state index is -3.25. The third-order valence-corrected chi connectivity index (χ3v) is 4.41. The van der Waals surface area contributed by atoms with E-state index in [9.17, 15) is 8.42 Å². The Morgan fingerprint density at radius 2 is 1.94 bits per heavy atom. The number of sulfonamides is 1. The van der Waals surface area contributed by atoms with Crippen LogP contribution in [0.3, 0.4) is 0 Å². The Hall–Kier alpha value is -1.27. The van der Waals surface area contributed by atoms with Gasteiger partial charge in [-0.25, -0.2) is 13.1 Å². The van der Waals surface area contributed by atoms with Gasteiger partial charge in [-0.2, -0.15) is 0 Å². The van der Waals surface area contributed by atoms with Crippen LogP contribution in [0, 0.1) is 0 Å². The smallest absolute Gasteiger partial charge is 0.215 e. The van der Waals surface area contributed by atoms with Gasteiger partial charge in [-0.15, -0.1) is 0 Å². The van der Waals surface area contributed by atoms with Gasteiger partial charge in [-0.05, 0) is 44.0 Å². The van der Waals surface area contributed by atoms with Crippen molar-refractivity contribution in [2.45, 2.75) is 25.3 Å². The molecule has 1 aromatic rings. The topological polar surface area (TPSA) is 81.4 Å². The standard InChI is InChI=1S/C12H18N2O3S/c1-12(6-7-12)14-18(15,16)9-8-17-11-4-2-10(13)3-5-11/h2-5,14H,6-9,13H2,1H3. The molecule has 3 N–H and O–H groups in total. The highest BCUT2D eigenvalue weighted by molar-refractivity contribution is 7.89. The molecule has 1 saturated carbocycles. The summed E-state index contributed by atoms with van der Waals surface area (Å²) in [5.41, 5.74) is 5.97. The third kappa shape index (κ3) is 3.89. The molecular weight excluding hydrogens is 252 g/mol. The monoisotopic (exact) mass is 270 g/mol. The van der Waals surface area contributed by atoms with Gasteiger partial charge in [-0.1, -0.05) is 0 Å². The molecule has 0 unspecified atom stereocenters. The Morgan fingerprint density at radius 3 is 2.50 bits per heavy atom. The lowest BCUT2D eigenvalue weighted by Crippen LogP contribution is -2.37. The Labute approximate surface area is 107 Å². The highest BCUT2D eigenvalue weighted by atomic mass is 32.2. The van der Waals surface area contributed by atoms with Crippen LogP contribution in [-0.2, 0) is 10.0 Å². The van der Waals surface area contributed by atoms with Gasteiger partial charge in [0.2, 0.25) is 10.0 Å². The number of nitrogens with two attached hydrogens (primary N) is 1. The van der Waals surface area contributed by atoms with Crippen molar-refractivity contribution in [2.75, 3.05) is 18.1 Å². The van der Waals surface area contributed by atoms with Crippen LogP contribution in [0.15, 0.2) is 24.3 Å². The van der Waals surface area contributed by atoms with Gasteiger partial charge in [0.25, 0.3) is 0 Å². The minimum Gasteiger partial charge on any atom is -0.492 e. The SMILES string of the molecule is CC1(NS(=O)(=O)CCOc2ccc(N)cc2)CC1. The van der Waals surface area contributed by atoms with Gasteiger partial charge in [0, 0.05) is 11.2 Å². The van der Waals surface area contributed by atoms with E-state index in [4.69, 9.17) is 10.5 Å². The fourth-order valence-electron chi connectivity index (χ4n) is 1.55. The Balaban J connectivity index is 1.79. The number of ether oxygens (including phenoxy) is 1. The number of hydrogen-bond acceptors (Lipinski definition) is 4. The Morgan fingerprint density at radius 1 is 1.33 bits per heavy atom. The molecule has 0 spiro atoms. The predicted octanol–water partition coefficient (Wildman–Crippen LogP) is 1.12. The summed E-state index contributed by atoms with van der Waals surface area (Å²) in [6.07, 6.45) is 1.82. The van der Waals surface area contributed by atoms with E-state index >= 15 is 0 Å². The molecule has 0 atom stereocenters. The van der Waals surface area contributed by atoms with Crippen molar-refractivity contribution in [1.29, 1.82) is 0 Å². The molecule has 0 amide bonds. The van der Waals surface area contributed by atoms with Crippen LogP contribution in [0.1, 0.15) is 19.8 Å². The van der Waals surface area contributed by atoms with Crippen molar-refractivity contribution in [1.82, 2.24) is 4.72 Å². The van der Waals surface area contributed by atoms with Crippen LogP contribution < -0.4 is 15.2 Å². The first-order valence-electron chi connectivity index (χ1n) is 5.89. The molecule has 0 radical (unpaired) electrons. The molecule has 1 aromatic carbocycles. The lowest BCUT2D eigenvalue weighted by molar-refractivity contribution is 0.340. The summed E-state index contributed by atoms with van der Waals surface area (Å²) in [6.45, 7) is 2.04. The lowest BCUT2D eigenvalue weighted by atomic mass is 10.3. The summed E-state index contributed by atoms with van der Waals surface area (Å²) in [7, 11) is -3.25. The number of nitrogen functional groups attached to an aromatic ring is 1. The van der Waals surface area contributed by atoms with E-state index < -0.39 is 10.0 Å². The van der Waals surface area contributed by atoms with Crippen LogP contribution >= 0.6 is 0 Å². The maximum Gasteiger partial charge on any atom is 0.215 e. The van der Waals surface area contributed by atoms with E-state index in [2.05, 4.69) is 4.72 Å².